The van der Waals surface area contributed by atoms with Crippen molar-refractivity contribution in [3.05, 3.63) is 48.0 Å². The Labute approximate surface area is 138 Å². The Bertz CT molecular complexity index is 841. The van der Waals surface area contributed by atoms with E-state index in [1.807, 2.05) is 31.1 Å². The second-order valence-corrected chi connectivity index (χ2v) is 6.15. The lowest BCUT2D eigenvalue weighted by molar-refractivity contribution is 0.0735. The number of hydrogen-bond donors (Lipinski definition) is 0. The molecule has 1 aromatic heterocycles. The fourth-order valence-corrected chi connectivity index (χ4v) is 2.96. The number of fused-ring (bicyclic) bond motifs is 1. The molecule has 0 saturated heterocycles. The van der Waals surface area contributed by atoms with Gasteiger partial charge in [0.05, 0.1) is 22.9 Å². The molecule has 0 spiro atoms. The van der Waals surface area contributed by atoms with E-state index in [0.29, 0.717) is 17.1 Å². The van der Waals surface area contributed by atoms with E-state index >= 15 is 0 Å². The molecule has 0 aliphatic rings. The Morgan fingerprint density at radius 1 is 1.09 bits per heavy atom. The Hall–Kier alpha value is -2.60. The van der Waals surface area contributed by atoms with Gasteiger partial charge < -0.3 is 14.4 Å². The van der Waals surface area contributed by atoms with E-state index in [9.17, 15) is 4.79 Å². The molecule has 6 heteroatoms. The number of benzene rings is 2. The zero-order chi connectivity index (χ0) is 16.4. The molecular formula is C17H16N2O3S. The number of hydrogen-bond acceptors (Lipinski definition) is 6. The van der Waals surface area contributed by atoms with Crippen molar-refractivity contribution in [2.45, 2.75) is 0 Å². The first-order valence-corrected chi connectivity index (χ1v) is 7.82. The van der Waals surface area contributed by atoms with Gasteiger partial charge in [0.2, 0.25) is 0 Å². The lowest BCUT2D eigenvalue weighted by atomic mass is 10.2. The van der Waals surface area contributed by atoms with Gasteiger partial charge in [-0.15, -0.1) is 0 Å². The highest BCUT2D eigenvalue weighted by atomic mass is 32.1. The minimum absolute atomic E-state index is 0.399. The molecule has 3 aromatic rings. The third kappa shape index (κ3) is 3.27. The number of aromatic nitrogens is 1. The van der Waals surface area contributed by atoms with Crippen LogP contribution in [0.1, 0.15) is 10.4 Å². The largest absolute Gasteiger partial charge is 0.497 e. The van der Waals surface area contributed by atoms with Crippen molar-refractivity contribution >= 4 is 32.7 Å². The molecule has 0 atom stereocenters. The molecule has 3 rings (SSSR count). The summed E-state index contributed by atoms with van der Waals surface area (Å²) < 4.78 is 11.5. The predicted octanol–water partition coefficient (Wildman–Crippen LogP) is 3.59. The van der Waals surface area contributed by atoms with Gasteiger partial charge in [0.25, 0.3) is 0 Å². The highest BCUT2D eigenvalue weighted by Gasteiger charge is 2.11. The number of esters is 1. The molecule has 0 aliphatic heterocycles. The average molecular weight is 328 g/mol. The van der Waals surface area contributed by atoms with Crippen LogP contribution in [0.5, 0.6) is 11.5 Å². The van der Waals surface area contributed by atoms with E-state index in [4.69, 9.17) is 9.47 Å². The van der Waals surface area contributed by atoms with E-state index in [0.717, 1.165) is 15.3 Å². The number of carbonyl (C=O) groups is 1. The van der Waals surface area contributed by atoms with Crippen LogP contribution in [-0.2, 0) is 0 Å². The quantitative estimate of drug-likeness (QED) is 0.541. The van der Waals surface area contributed by atoms with Gasteiger partial charge in [-0.05, 0) is 36.4 Å². The summed E-state index contributed by atoms with van der Waals surface area (Å²) in [5.41, 5.74) is 1.37. The SMILES string of the molecule is COc1ccc(C(=O)Oc2ccc3nc(N(C)C)sc3c2)cc1. The molecule has 0 aliphatic carbocycles. The molecule has 23 heavy (non-hydrogen) atoms. The van der Waals surface area contributed by atoms with Crippen molar-refractivity contribution in [2.24, 2.45) is 0 Å². The fourth-order valence-electron chi connectivity index (χ4n) is 2.04. The number of nitrogens with zero attached hydrogens (tertiary/aromatic N) is 2. The number of rotatable bonds is 4. The summed E-state index contributed by atoms with van der Waals surface area (Å²) in [5, 5.41) is 0.915. The van der Waals surface area contributed by atoms with E-state index in [-0.39, 0.29) is 0 Å². The standard InChI is InChI=1S/C17H16N2O3S/c1-19(2)17-18-14-9-8-13(10-15(14)23-17)22-16(20)11-4-6-12(21-3)7-5-11/h4-10H,1-3H3. The first kappa shape index (κ1) is 15.3. The highest BCUT2D eigenvalue weighted by molar-refractivity contribution is 7.22. The number of anilines is 1. The summed E-state index contributed by atoms with van der Waals surface area (Å²) in [6.45, 7) is 0. The van der Waals surface area contributed by atoms with E-state index in [2.05, 4.69) is 4.98 Å². The average Bonchev–Trinajstić information content (AvgIpc) is 2.98. The fraction of sp³-hybridized carbons (Fsp3) is 0.176. The van der Waals surface area contributed by atoms with Crippen molar-refractivity contribution < 1.29 is 14.3 Å². The molecule has 1 heterocycles. The second-order valence-electron chi connectivity index (χ2n) is 5.14. The Morgan fingerprint density at radius 3 is 2.43 bits per heavy atom. The van der Waals surface area contributed by atoms with Gasteiger partial charge in [0.1, 0.15) is 11.5 Å². The third-order valence-corrected chi connectivity index (χ3v) is 4.45. The summed E-state index contributed by atoms with van der Waals surface area (Å²) in [6, 6.07) is 12.3. The number of thiazole rings is 1. The molecule has 0 N–H and O–H groups in total. The predicted molar refractivity (Wildman–Crippen MR) is 91.9 cm³/mol. The molecule has 0 radical (unpaired) electrons. The van der Waals surface area contributed by atoms with Crippen molar-refractivity contribution in [2.75, 3.05) is 26.1 Å². The molecule has 0 amide bonds. The molecule has 5 nitrogen and oxygen atoms in total. The third-order valence-electron chi connectivity index (χ3n) is 3.27. The van der Waals surface area contributed by atoms with Gasteiger partial charge in [-0.2, -0.15) is 0 Å². The topological polar surface area (TPSA) is 51.7 Å². The van der Waals surface area contributed by atoms with Crippen molar-refractivity contribution in [1.29, 1.82) is 0 Å². The van der Waals surface area contributed by atoms with Gasteiger partial charge in [-0.25, -0.2) is 9.78 Å². The lowest BCUT2D eigenvalue weighted by Gasteiger charge is -2.05. The number of ether oxygens (including phenoxy) is 2. The normalized spacial score (nSPS) is 10.6. The summed E-state index contributed by atoms with van der Waals surface area (Å²) in [5.74, 6) is 0.806. The molecule has 0 fully saturated rings. The zero-order valence-corrected chi connectivity index (χ0v) is 13.9. The van der Waals surface area contributed by atoms with Crippen molar-refractivity contribution in [3.63, 3.8) is 0 Å². The van der Waals surface area contributed by atoms with Crippen LogP contribution in [0, 0.1) is 0 Å². The van der Waals surface area contributed by atoms with Crippen molar-refractivity contribution in [1.82, 2.24) is 4.98 Å². The van der Waals surface area contributed by atoms with Crippen LogP contribution in [0.25, 0.3) is 10.2 Å². The molecule has 2 aromatic carbocycles. The Balaban J connectivity index is 1.81. The minimum Gasteiger partial charge on any atom is -0.497 e. The summed E-state index contributed by atoms with van der Waals surface area (Å²) in [7, 11) is 5.48. The van der Waals surface area contributed by atoms with Crippen LogP contribution in [0.3, 0.4) is 0 Å². The Morgan fingerprint density at radius 2 is 1.78 bits per heavy atom. The van der Waals surface area contributed by atoms with Gasteiger partial charge in [0.15, 0.2) is 5.13 Å². The molecule has 0 unspecified atom stereocenters. The van der Waals surface area contributed by atoms with Crippen LogP contribution >= 0.6 is 11.3 Å². The molecule has 0 bridgehead atoms. The van der Waals surface area contributed by atoms with Gasteiger partial charge in [-0.1, -0.05) is 11.3 Å². The van der Waals surface area contributed by atoms with Crippen LogP contribution in [0.4, 0.5) is 5.13 Å². The van der Waals surface area contributed by atoms with Crippen LogP contribution in [0.15, 0.2) is 42.5 Å². The number of methoxy groups -OCH3 is 1. The van der Waals surface area contributed by atoms with Crippen LogP contribution in [-0.4, -0.2) is 32.2 Å². The smallest absolute Gasteiger partial charge is 0.343 e. The van der Waals surface area contributed by atoms with Crippen molar-refractivity contribution in [3.8, 4) is 11.5 Å². The van der Waals surface area contributed by atoms with E-state index in [1.54, 1.807) is 48.8 Å². The monoisotopic (exact) mass is 328 g/mol. The summed E-state index contributed by atoms with van der Waals surface area (Å²) in [4.78, 5) is 18.6. The molecule has 0 saturated carbocycles. The van der Waals surface area contributed by atoms with E-state index < -0.39 is 5.97 Å². The molecular weight excluding hydrogens is 312 g/mol. The highest BCUT2D eigenvalue weighted by Crippen LogP contribution is 2.30. The minimum atomic E-state index is -0.399. The van der Waals surface area contributed by atoms with Gasteiger partial charge in [0, 0.05) is 20.2 Å². The zero-order valence-electron chi connectivity index (χ0n) is 13.1. The van der Waals surface area contributed by atoms with Gasteiger partial charge in [-0.3, -0.25) is 0 Å². The van der Waals surface area contributed by atoms with Crippen LogP contribution in [0.2, 0.25) is 0 Å². The van der Waals surface area contributed by atoms with Crippen LogP contribution < -0.4 is 14.4 Å². The summed E-state index contributed by atoms with van der Waals surface area (Å²) >= 11 is 1.55. The maximum Gasteiger partial charge on any atom is 0.343 e. The summed E-state index contributed by atoms with van der Waals surface area (Å²) in [6.07, 6.45) is 0. The maximum absolute atomic E-state index is 12.2. The number of carbonyl (C=O) groups excluding carboxylic acids is 1. The Kier molecular flexibility index (Phi) is 4.16. The van der Waals surface area contributed by atoms with E-state index in [1.165, 1.54) is 0 Å². The first-order valence-electron chi connectivity index (χ1n) is 7.01. The lowest BCUT2D eigenvalue weighted by Crippen LogP contribution is -2.08. The van der Waals surface area contributed by atoms with Gasteiger partial charge >= 0.3 is 5.97 Å². The first-order chi connectivity index (χ1) is 11.1. The second kappa shape index (κ2) is 6.26. The maximum atomic E-state index is 12.2. The molecule has 118 valence electrons.